The van der Waals surface area contributed by atoms with Crippen molar-refractivity contribution in [2.75, 3.05) is 13.1 Å². The van der Waals surface area contributed by atoms with E-state index in [9.17, 15) is 4.79 Å². The van der Waals surface area contributed by atoms with Gasteiger partial charge in [-0.2, -0.15) is 0 Å². The zero-order chi connectivity index (χ0) is 15.7. The van der Waals surface area contributed by atoms with Crippen molar-refractivity contribution in [1.29, 1.82) is 0 Å². The molecule has 5 nitrogen and oxygen atoms in total. The summed E-state index contributed by atoms with van der Waals surface area (Å²) in [4.78, 5) is 22.2. The molecule has 1 aliphatic heterocycles. The van der Waals surface area contributed by atoms with E-state index in [4.69, 9.17) is 0 Å². The zero-order valence-corrected chi connectivity index (χ0v) is 13.5. The smallest absolute Gasteiger partial charge is 0.255 e. The molecule has 1 atom stereocenters. The second kappa shape index (κ2) is 5.63. The lowest BCUT2D eigenvalue weighted by molar-refractivity contribution is 0.0704. The minimum absolute atomic E-state index is 0.00285. The highest BCUT2D eigenvalue weighted by Crippen LogP contribution is 2.26. The van der Waals surface area contributed by atoms with Crippen molar-refractivity contribution in [2.45, 2.75) is 45.1 Å². The number of carbonyl (C=O) groups is 1. The van der Waals surface area contributed by atoms with Crippen LogP contribution < -0.4 is 0 Å². The summed E-state index contributed by atoms with van der Waals surface area (Å²) in [6.07, 6.45) is 9.68. The highest BCUT2D eigenvalue weighted by molar-refractivity contribution is 5.94. The standard InChI is InChI=1S/C17H24N4O/c1-17(2,3)21-10-6-14(12-21)16(22)20-9-4-5-13(11-20)15-18-7-8-19-15/h6-8,10,12-13H,4-5,9,11H2,1-3H3,(H,18,19). The van der Waals surface area contributed by atoms with Crippen LogP contribution >= 0.6 is 0 Å². The molecule has 0 saturated carbocycles. The average molecular weight is 300 g/mol. The van der Waals surface area contributed by atoms with Gasteiger partial charge in [0.1, 0.15) is 5.82 Å². The average Bonchev–Trinajstić information content (AvgIpc) is 3.17. The van der Waals surface area contributed by atoms with E-state index in [2.05, 4.69) is 35.3 Å². The first-order valence-corrected chi connectivity index (χ1v) is 7.92. The highest BCUT2D eigenvalue weighted by atomic mass is 16.2. The normalized spacial score (nSPS) is 19.4. The first kappa shape index (κ1) is 14.9. The topological polar surface area (TPSA) is 53.9 Å². The van der Waals surface area contributed by atoms with Gasteiger partial charge in [-0.25, -0.2) is 4.98 Å². The van der Waals surface area contributed by atoms with Gasteiger partial charge in [-0.3, -0.25) is 4.79 Å². The molecule has 0 bridgehead atoms. The van der Waals surface area contributed by atoms with Gasteiger partial charge in [0.25, 0.3) is 5.91 Å². The molecule has 118 valence electrons. The molecule has 1 aliphatic rings. The largest absolute Gasteiger partial charge is 0.348 e. The van der Waals surface area contributed by atoms with Gasteiger partial charge in [-0.1, -0.05) is 0 Å². The molecular formula is C17H24N4O. The van der Waals surface area contributed by atoms with E-state index < -0.39 is 0 Å². The molecule has 2 aromatic rings. The zero-order valence-electron chi connectivity index (χ0n) is 13.5. The Morgan fingerprint density at radius 3 is 2.86 bits per heavy atom. The van der Waals surface area contributed by atoms with Gasteiger partial charge in [-0.05, 0) is 39.7 Å². The molecule has 0 spiro atoms. The summed E-state index contributed by atoms with van der Waals surface area (Å²) in [7, 11) is 0. The third-order valence-electron chi connectivity index (χ3n) is 4.33. The summed E-state index contributed by atoms with van der Waals surface area (Å²) in [5, 5.41) is 0. The number of H-pyrrole nitrogens is 1. The highest BCUT2D eigenvalue weighted by Gasteiger charge is 2.27. The Labute approximate surface area is 131 Å². The minimum atomic E-state index is -0.00285. The van der Waals surface area contributed by atoms with Crippen molar-refractivity contribution in [3.8, 4) is 0 Å². The van der Waals surface area contributed by atoms with Gasteiger partial charge < -0.3 is 14.5 Å². The second-order valence-electron chi connectivity index (χ2n) is 7.04. The Kier molecular flexibility index (Phi) is 3.81. The van der Waals surface area contributed by atoms with Crippen LogP contribution in [0.25, 0.3) is 0 Å². The monoisotopic (exact) mass is 300 g/mol. The molecule has 0 aromatic carbocycles. The van der Waals surface area contributed by atoms with Crippen LogP contribution in [0, 0.1) is 0 Å². The molecule has 0 aliphatic carbocycles. The first-order valence-electron chi connectivity index (χ1n) is 7.92. The Hall–Kier alpha value is -2.04. The molecule has 1 saturated heterocycles. The number of imidazole rings is 1. The van der Waals surface area contributed by atoms with Crippen LogP contribution in [0.2, 0.25) is 0 Å². The van der Waals surface area contributed by atoms with Crippen molar-refractivity contribution >= 4 is 5.91 Å². The third-order valence-corrected chi connectivity index (χ3v) is 4.33. The van der Waals surface area contributed by atoms with Crippen molar-refractivity contribution < 1.29 is 4.79 Å². The van der Waals surface area contributed by atoms with Crippen LogP contribution in [-0.4, -0.2) is 38.4 Å². The Balaban J connectivity index is 1.73. The molecule has 5 heteroatoms. The second-order valence-corrected chi connectivity index (χ2v) is 7.04. The van der Waals surface area contributed by atoms with Gasteiger partial charge in [0.2, 0.25) is 0 Å². The lowest BCUT2D eigenvalue weighted by atomic mass is 9.97. The van der Waals surface area contributed by atoms with Gasteiger partial charge in [0, 0.05) is 49.3 Å². The van der Waals surface area contributed by atoms with Crippen LogP contribution in [0.5, 0.6) is 0 Å². The lowest BCUT2D eigenvalue weighted by Gasteiger charge is -2.31. The van der Waals surface area contributed by atoms with E-state index in [1.54, 1.807) is 6.20 Å². The van der Waals surface area contributed by atoms with Crippen molar-refractivity contribution in [3.05, 3.63) is 42.2 Å². The summed E-state index contributed by atoms with van der Waals surface area (Å²) in [5.74, 6) is 1.43. The molecule has 22 heavy (non-hydrogen) atoms. The maximum atomic E-state index is 12.7. The maximum Gasteiger partial charge on any atom is 0.255 e. The van der Waals surface area contributed by atoms with Crippen molar-refractivity contribution in [2.24, 2.45) is 0 Å². The SMILES string of the molecule is CC(C)(C)n1ccc(C(=O)N2CCCC(c3ncc[nH]3)C2)c1. The van der Waals surface area contributed by atoms with E-state index in [0.717, 1.165) is 37.3 Å². The van der Waals surface area contributed by atoms with Gasteiger partial charge >= 0.3 is 0 Å². The van der Waals surface area contributed by atoms with E-state index >= 15 is 0 Å². The number of nitrogens with one attached hydrogen (secondary N) is 1. The number of nitrogens with zero attached hydrogens (tertiary/aromatic N) is 3. The molecule has 0 radical (unpaired) electrons. The fourth-order valence-corrected chi connectivity index (χ4v) is 3.01. The fraction of sp³-hybridized carbons (Fsp3) is 0.529. The van der Waals surface area contributed by atoms with Gasteiger partial charge in [0.15, 0.2) is 0 Å². The molecule has 1 N–H and O–H groups in total. The van der Waals surface area contributed by atoms with Crippen molar-refractivity contribution in [1.82, 2.24) is 19.4 Å². The van der Waals surface area contributed by atoms with Crippen molar-refractivity contribution in [3.63, 3.8) is 0 Å². The summed E-state index contributed by atoms with van der Waals surface area (Å²) < 4.78 is 2.09. The van der Waals surface area contributed by atoms with Crippen LogP contribution in [0.3, 0.4) is 0 Å². The third kappa shape index (κ3) is 2.93. The number of aromatic amines is 1. The number of hydrogen-bond acceptors (Lipinski definition) is 2. The van der Waals surface area contributed by atoms with Gasteiger partial charge in [0.05, 0.1) is 5.56 Å². The number of amides is 1. The number of hydrogen-bond donors (Lipinski definition) is 1. The fourth-order valence-electron chi connectivity index (χ4n) is 3.01. The molecular weight excluding hydrogens is 276 g/mol. The number of aromatic nitrogens is 3. The molecule has 2 aromatic heterocycles. The summed E-state index contributed by atoms with van der Waals surface area (Å²) >= 11 is 0. The van der Waals surface area contributed by atoms with E-state index in [1.807, 2.05) is 29.6 Å². The predicted molar refractivity (Wildman–Crippen MR) is 85.9 cm³/mol. The molecule has 3 heterocycles. The van der Waals surface area contributed by atoms with Crippen LogP contribution in [-0.2, 0) is 5.54 Å². The number of likely N-dealkylation sites (tertiary alicyclic amines) is 1. The summed E-state index contributed by atoms with van der Waals surface area (Å²) in [5.41, 5.74) is 0.770. The quantitative estimate of drug-likeness (QED) is 0.927. The minimum Gasteiger partial charge on any atom is -0.348 e. The van der Waals surface area contributed by atoms with Gasteiger partial charge in [-0.15, -0.1) is 0 Å². The van der Waals surface area contributed by atoms with Crippen LogP contribution in [0.15, 0.2) is 30.9 Å². The van der Waals surface area contributed by atoms with Crippen LogP contribution in [0.4, 0.5) is 0 Å². The van der Waals surface area contributed by atoms with E-state index in [0.29, 0.717) is 5.92 Å². The lowest BCUT2D eigenvalue weighted by Crippen LogP contribution is -2.39. The molecule has 1 fully saturated rings. The Morgan fingerprint density at radius 1 is 1.41 bits per heavy atom. The van der Waals surface area contributed by atoms with E-state index in [-0.39, 0.29) is 11.4 Å². The molecule has 1 unspecified atom stereocenters. The number of carbonyl (C=O) groups excluding carboxylic acids is 1. The molecule has 3 rings (SSSR count). The number of piperidine rings is 1. The Bertz CT molecular complexity index is 636. The molecule has 1 amide bonds. The van der Waals surface area contributed by atoms with E-state index in [1.165, 1.54) is 0 Å². The predicted octanol–water partition coefficient (Wildman–Crippen LogP) is 2.99. The van der Waals surface area contributed by atoms with Crippen LogP contribution in [0.1, 0.15) is 55.7 Å². The summed E-state index contributed by atoms with van der Waals surface area (Å²) in [6.45, 7) is 7.98. The maximum absolute atomic E-state index is 12.7. The first-order chi connectivity index (χ1) is 10.4. The Morgan fingerprint density at radius 2 is 2.23 bits per heavy atom. The number of rotatable bonds is 2. The summed E-state index contributed by atoms with van der Waals surface area (Å²) in [6, 6.07) is 1.92.